The van der Waals surface area contributed by atoms with Crippen LogP contribution in [0.2, 0.25) is 0 Å². The van der Waals surface area contributed by atoms with Crippen molar-refractivity contribution < 1.29 is 9.84 Å². The molecule has 0 saturated heterocycles. The highest BCUT2D eigenvalue weighted by molar-refractivity contribution is 5.26. The quantitative estimate of drug-likeness (QED) is 0.844. The molecule has 118 valence electrons. The van der Waals surface area contributed by atoms with E-state index in [0.717, 1.165) is 24.0 Å². The SMILES string of the molecule is CCC1CCCC(CN)(C(O)c2cccc(COC)c2)C1. The topological polar surface area (TPSA) is 55.5 Å². The molecule has 2 rings (SSSR count). The molecule has 1 aliphatic rings. The van der Waals surface area contributed by atoms with Gasteiger partial charge >= 0.3 is 0 Å². The summed E-state index contributed by atoms with van der Waals surface area (Å²) in [4.78, 5) is 0. The van der Waals surface area contributed by atoms with Crippen LogP contribution in [0.25, 0.3) is 0 Å². The Morgan fingerprint density at radius 3 is 2.95 bits per heavy atom. The van der Waals surface area contributed by atoms with E-state index in [2.05, 4.69) is 13.0 Å². The number of rotatable bonds is 6. The van der Waals surface area contributed by atoms with Gasteiger partial charge in [0, 0.05) is 19.1 Å². The Bertz CT molecular complexity index is 449. The third-order valence-corrected chi connectivity index (χ3v) is 5.12. The van der Waals surface area contributed by atoms with Crippen LogP contribution in [0.5, 0.6) is 0 Å². The predicted molar refractivity (Wildman–Crippen MR) is 85.9 cm³/mol. The number of hydrogen-bond acceptors (Lipinski definition) is 3. The van der Waals surface area contributed by atoms with Crippen LogP contribution in [0.4, 0.5) is 0 Å². The molecule has 3 heteroatoms. The lowest BCUT2D eigenvalue weighted by molar-refractivity contribution is -0.0163. The van der Waals surface area contributed by atoms with Crippen molar-refractivity contribution in [2.24, 2.45) is 17.1 Å². The van der Waals surface area contributed by atoms with Crippen LogP contribution < -0.4 is 5.73 Å². The van der Waals surface area contributed by atoms with Gasteiger partial charge in [0.15, 0.2) is 0 Å². The molecule has 1 fully saturated rings. The monoisotopic (exact) mass is 291 g/mol. The standard InChI is InChI=1S/C18H29NO2/c1-3-14-7-5-9-18(11-14,13-19)17(20)16-8-4-6-15(10-16)12-21-2/h4,6,8,10,14,17,20H,3,5,7,9,11-13,19H2,1-2H3. The van der Waals surface area contributed by atoms with Gasteiger partial charge in [0.05, 0.1) is 12.7 Å². The summed E-state index contributed by atoms with van der Waals surface area (Å²) in [6.45, 7) is 3.37. The minimum absolute atomic E-state index is 0.162. The van der Waals surface area contributed by atoms with Crippen LogP contribution in [0.1, 0.15) is 56.3 Å². The largest absolute Gasteiger partial charge is 0.388 e. The van der Waals surface area contributed by atoms with Crippen molar-refractivity contribution in [3.63, 3.8) is 0 Å². The molecular weight excluding hydrogens is 262 g/mol. The molecule has 0 heterocycles. The Kier molecular flexibility index (Phi) is 5.80. The molecule has 1 aromatic carbocycles. The lowest BCUT2D eigenvalue weighted by Crippen LogP contribution is -2.41. The minimum Gasteiger partial charge on any atom is -0.388 e. The molecule has 3 nitrogen and oxygen atoms in total. The lowest BCUT2D eigenvalue weighted by atomic mass is 9.64. The third kappa shape index (κ3) is 3.65. The zero-order valence-corrected chi connectivity index (χ0v) is 13.3. The van der Waals surface area contributed by atoms with Crippen molar-refractivity contribution in [1.29, 1.82) is 0 Å². The van der Waals surface area contributed by atoms with E-state index in [1.165, 1.54) is 19.3 Å². The van der Waals surface area contributed by atoms with E-state index in [0.29, 0.717) is 19.1 Å². The van der Waals surface area contributed by atoms with Crippen molar-refractivity contribution in [1.82, 2.24) is 0 Å². The first kappa shape index (κ1) is 16.5. The Hall–Kier alpha value is -0.900. The molecule has 3 unspecified atom stereocenters. The lowest BCUT2D eigenvalue weighted by Gasteiger charge is -2.43. The molecule has 1 aromatic rings. The van der Waals surface area contributed by atoms with E-state index in [-0.39, 0.29) is 5.41 Å². The van der Waals surface area contributed by atoms with E-state index in [1.807, 2.05) is 18.2 Å². The van der Waals surface area contributed by atoms with Crippen molar-refractivity contribution in [3.8, 4) is 0 Å². The van der Waals surface area contributed by atoms with Crippen LogP contribution in [0, 0.1) is 11.3 Å². The van der Waals surface area contributed by atoms with Gasteiger partial charge in [0.25, 0.3) is 0 Å². The molecule has 1 saturated carbocycles. The van der Waals surface area contributed by atoms with Gasteiger partial charge in [-0.2, -0.15) is 0 Å². The Labute approximate surface area is 128 Å². The van der Waals surface area contributed by atoms with Gasteiger partial charge in [-0.3, -0.25) is 0 Å². The zero-order valence-electron chi connectivity index (χ0n) is 13.3. The minimum atomic E-state index is -0.478. The molecule has 3 N–H and O–H groups in total. The van der Waals surface area contributed by atoms with E-state index >= 15 is 0 Å². The molecule has 0 spiro atoms. The van der Waals surface area contributed by atoms with Crippen molar-refractivity contribution in [2.75, 3.05) is 13.7 Å². The molecular formula is C18H29NO2. The van der Waals surface area contributed by atoms with Crippen LogP contribution in [0.3, 0.4) is 0 Å². The van der Waals surface area contributed by atoms with Crippen molar-refractivity contribution in [3.05, 3.63) is 35.4 Å². The maximum Gasteiger partial charge on any atom is 0.0858 e. The van der Waals surface area contributed by atoms with E-state index in [4.69, 9.17) is 10.5 Å². The summed E-state index contributed by atoms with van der Waals surface area (Å²) < 4.78 is 5.19. The van der Waals surface area contributed by atoms with Crippen LogP contribution in [-0.2, 0) is 11.3 Å². The molecule has 0 aromatic heterocycles. The van der Waals surface area contributed by atoms with Gasteiger partial charge in [0.2, 0.25) is 0 Å². The normalized spacial score (nSPS) is 27.5. The Balaban J connectivity index is 2.22. The first-order chi connectivity index (χ1) is 10.1. The smallest absolute Gasteiger partial charge is 0.0858 e. The highest BCUT2D eigenvalue weighted by Gasteiger charge is 2.41. The second kappa shape index (κ2) is 7.39. The summed E-state index contributed by atoms with van der Waals surface area (Å²) in [5, 5.41) is 11.0. The Morgan fingerprint density at radius 2 is 2.29 bits per heavy atom. The fourth-order valence-electron chi connectivity index (χ4n) is 3.79. The maximum atomic E-state index is 11.0. The van der Waals surface area contributed by atoms with Crippen LogP contribution in [0.15, 0.2) is 24.3 Å². The number of hydrogen-bond donors (Lipinski definition) is 2. The first-order valence-corrected chi connectivity index (χ1v) is 8.11. The second-order valence-corrected chi connectivity index (χ2v) is 6.52. The molecule has 1 aliphatic carbocycles. The fourth-order valence-corrected chi connectivity index (χ4v) is 3.79. The van der Waals surface area contributed by atoms with Crippen LogP contribution >= 0.6 is 0 Å². The summed E-state index contributed by atoms with van der Waals surface area (Å²) in [6, 6.07) is 8.10. The third-order valence-electron chi connectivity index (χ3n) is 5.12. The number of ether oxygens (including phenoxy) is 1. The number of aliphatic hydroxyl groups is 1. The summed E-state index contributed by atoms with van der Waals surface area (Å²) in [6.07, 6.45) is 5.21. The summed E-state index contributed by atoms with van der Waals surface area (Å²) in [7, 11) is 1.69. The number of aliphatic hydroxyl groups excluding tert-OH is 1. The summed E-state index contributed by atoms with van der Waals surface area (Å²) in [5.41, 5.74) is 8.02. The number of benzene rings is 1. The van der Waals surface area contributed by atoms with Crippen molar-refractivity contribution in [2.45, 2.75) is 51.7 Å². The maximum absolute atomic E-state index is 11.0. The highest BCUT2D eigenvalue weighted by Crippen LogP contribution is 2.48. The highest BCUT2D eigenvalue weighted by atomic mass is 16.5. The van der Waals surface area contributed by atoms with Gasteiger partial charge < -0.3 is 15.6 Å². The predicted octanol–water partition coefficient (Wildman–Crippen LogP) is 3.41. The van der Waals surface area contributed by atoms with E-state index in [9.17, 15) is 5.11 Å². The number of methoxy groups -OCH3 is 1. The average Bonchev–Trinajstić information content (AvgIpc) is 2.54. The fraction of sp³-hybridized carbons (Fsp3) is 0.667. The van der Waals surface area contributed by atoms with Gasteiger partial charge in [0.1, 0.15) is 0 Å². The van der Waals surface area contributed by atoms with Gasteiger partial charge in [-0.15, -0.1) is 0 Å². The molecule has 3 atom stereocenters. The summed E-state index contributed by atoms with van der Waals surface area (Å²) in [5.74, 6) is 0.694. The molecule has 21 heavy (non-hydrogen) atoms. The molecule has 0 bridgehead atoms. The van der Waals surface area contributed by atoms with Gasteiger partial charge in [-0.25, -0.2) is 0 Å². The molecule has 0 radical (unpaired) electrons. The van der Waals surface area contributed by atoms with Crippen molar-refractivity contribution >= 4 is 0 Å². The second-order valence-electron chi connectivity index (χ2n) is 6.52. The Morgan fingerprint density at radius 1 is 1.48 bits per heavy atom. The zero-order chi connectivity index (χ0) is 15.3. The van der Waals surface area contributed by atoms with Crippen LogP contribution in [-0.4, -0.2) is 18.8 Å². The number of nitrogens with two attached hydrogens (primary N) is 1. The van der Waals surface area contributed by atoms with Gasteiger partial charge in [-0.1, -0.05) is 50.5 Å². The summed E-state index contributed by atoms with van der Waals surface area (Å²) >= 11 is 0. The van der Waals surface area contributed by atoms with E-state index < -0.39 is 6.10 Å². The first-order valence-electron chi connectivity index (χ1n) is 8.11. The molecule has 0 amide bonds. The van der Waals surface area contributed by atoms with E-state index in [1.54, 1.807) is 7.11 Å². The average molecular weight is 291 g/mol. The molecule has 0 aliphatic heterocycles. The van der Waals surface area contributed by atoms with Gasteiger partial charge in [-0.05, 0) is 29.9 Å².